The number of rotatable bonds is 11. The van der Waals surface area contributed by atoms with E-state index in [4.69, 9.17) is 4.74 Å². The summed E-state index contributed by atoms with van der Waals surface area (Å²) in [6, 6.07) is 25.2. The van der Waals surface area contributed by atoms with Crippen LogP contribution in [0.3, 0.4) is 0 Å². The fourth-order valence-electron chi connectivity index (χ4n) is 4.96. The molecule has 0 spiro atoms. The van der Waals surface area contributed by atoms with Crippen LogP contribution in [0, 0.1) is 5.92 Å². The average Bonchev–Trinajstić information content (AvgIpc) is 3.57. The van der Waals surface area contributed by atoms with Gasteiger partial charge in [-0.15, -0.1) is 5.10 Å². The van der Waals surface area contributed by atoms with Gasteiger partial charge < -0.3 is 9.84 Å². The number of benzene rings is 3. The van der Waals surface area contributed by atoms with Crippen LogP contribution in [-0.2, 0) is 11.3 Å². The van der Waals surface area contributed by atoms with E-state index < -0.39 is 0 Å². The Morgan fingerprint density at radius 3 is 2.46 bits per heavy atom. The van der Waals surface area contributed by atoms with E-state index in [9.17, 15) is 9.90 Å². The molecule has 0 bridgehead atoms. The largest absolute Gasteiger partial charge is 0.395 e. The molecule has 2 aromatic heterocycles. The minimum absolute atomic E-state index is 0.0159. The van der Waals surface area contributed by atoms with E-state index >= 15 is 0 Å². The smallest absolute Gasteiger partial charge is 0.279 e. The van der Waals surface area contributed by atoms with Gasteiger partial charge in [-0.05, 0) is 41.8 Å². The van der Waals surface area contributed by atoms with Crippen LogP contribution in [0.15, 0.2) is 102 Å². The number of fused-ring (bicyclic) bond motifs is 1. The van der Waals surface area contributed by atoms with Crippen molar-refractivity contribution in [2.24, 2.45) is 5.92 Å². The molecule has 0 saturated carbocycles. The van der Waals surface area contributed by atoms with Gasteiger partial charge in [0.05, 0.1) is 40.9 Å². The molecular weight excluding hydrogens is 490 g/mol. The van der Waals surface area contributed by atoms with Crippen molar-refractivity contribution in [3.8, 4) is 5.69 Å². The van der Waals surface area contributed by atoms with Gasteiger partial charge in [0.1, 0.15) is 0 Å². The minimum atomic E-state index is -0.181. The Kier molecular flexibility index (Phi) is 8.15. The highest BCUT2D eigenvalue weighted by atomic mass is 16.5. The molecule has 0 fully saturated rings. The van der Waals surface area contributed by atoms with Crippen LogP contribution in [-0.4, -0.2) is 43.6 Å². The molecule has 200 valence electrons. The number of nitrogens with one attached hydrogen (secondary N) is 1. The van der Waals surface area contributed by atoms with Crippen molar-refractivity contribution in [3.05, 3.63) is 124 Å². The summed E-state index contributed by atoms with van der Waals surface area (Å²) in [6.45, 7) is 2.80. The zero-order valence-electron chi connectivity index (χ0n) is 22.1. The molecule has 3 aromatic carbocycles. The zero-order chi connectivity index (χ0) is 27.2. The van der Waals surface area contributed by atoms with Crippen molar-refractivity contribution in [2.45, 2.75) is 31.9 Å². The third kappa shape index (κ3) is 5.77. The molecule has 3 atom stereocenters. The Hall–Kier alpha value is -4.27. The summed E-state index contributed by atoms with van der Waals surface area (Å²) in [5.41, 5.74) is 4.35. The number of hydrogen-bond donors (Lipinski definition) is 2. The van der Waals surface area contributed by atoms with Crippen molar-refractivity contribution in [1.29, 1.82) is 0 Å². The van der Waals surface area contributed by atoms with Gasteiger partial charge in [0.2, 0.25) is 0 Å². The molecule has 0 aliphatic carbocycles. The molecule has 2 heterocycles. The third-order valence-corrected chi connectivity index (χ3v) is 7.07. The lowest BCUT2D eigenvalue weighted by molar-refractivity contribution is 0.0740. The Bertz CT molecular complexity index is 1580. The van der Waals surface area contributed by atoms with Crippen molar-refractivity contribution in [2.75, 3.05) is 13.7 Å². The molecule has 0 saturated heterocycles. The molecule has 2 N–H and O–H groups in total. The van der Waals surface area contributed by atoms with Gasteiger partial charge in [-0.25, -0.2) is 4.68 Å². The second-order valence-corrected chi connectivity index (χ2v) is 9.67. The number of allylic oxidation sites excluding steroid dienone is 1. The fourth-order valence-corrected chi connectivity index (χ4v) is 4.96. The maximum Gasteiger partial charge on any atom is 0.279 e. The Balaban J connectivity index is 1.20. The predicted molar refractivity (Wildman–Crippen MR) is 152 cm³/mol. The number of H-pyrrole nitrogens is 1. The molecule has 8 nitrogen and oxygen atoms in total. The number of hydrogen-bond acceptors (Lipinski definition) is 5. The second kappa shape index (κ2) is 12.1. The Morgan fingerprint density at radius 2 is 1.74 bits per heavy atom. The van der Waals surface area contributed by atoms with Gasteiger partial charge >= 0.3 is 0 Å². The lowest BCUT2D eigenvalue weighted by atomic mass is 9.96. The summed E-state index contributed by atoms with van der Waals surface area (Å²) in [5, 5.41) is 22.3. The van der Waals surface area contributed by atoms with Crippen molar-refractivity contribution < 1.29 is 9.84 Å². The van der Waals surface area contributed by atoms with Crippen LogP contribution in [0.1, 0.15) is 42.2 Å². The monoisotopic (exact) mass is 523 g/mol. The summed E-state index contributed by atoms with van der Waals surface area (Å²) in [7, 11) is 1.71. The highest BCUT2D eigenvalue weighted by Gasteiger charge is 2.18. The summed E-state index contributed by atoms with van der Waals surface area (Å²) < 4.78 is 9.22. The van der Waals surface area contributed by atoms with Gasteiger partial charge in [0, 0.05) is 25.8 Å². The average molecular weight is 524 g/mol. The molecule has 39 heavy (non-hydrogen) atoms. The summed E-state index contributed by atoms with van der Waals surface area (Å²) in [4.78, 5) is 12.8. The number of nitrogens with zero attached hydrogens (tertiary/aromatic N) is 4. The highest BCUT2D eigenvalue weighted by Crippen LogP contribution is 2.27. The molecule has 0 amide bonds. The number of aryl methyl sites for hydroxylation is 1. The standard InChI is InChI=1S/C31H33N5O3/c1-22(10-8-9-19-35-20-29(32-34-35)27(21-37)23-11-4-3-5-12-23)30(39-2)24-15-17-25(18-16-24)36-31(38)26-13-6-7-14-28(26)33-36/h3-8,10-18,20,22,27,30,33,37H,9,19,21H2,1-2H3/b10-8+/t22-,27?,30+/m1/s1. The first kappa shape index (κ1) is 26.3. The number of aliphatic hydroxyl groups excluding tert-OH is 1. The van der Waals surface area contributed by atoms with Crippen molar-refractivity contribution in [1.82, 2.24) is 24.8 Å². The lowest BCUT2D eigenvalue weighted by Crippen LogP contribution is -2.15. The van der Waals surface area contributed by atoms with Gasteiger partial charge in [0.15, 0.2) is 0 Å². The normalized spacial score (nSPS) is 14.1. The van der Waals surface area contributed by atoms with E-state index in [1.165, 1.54) is 0 Å². The third-order valence-electron chi connectivity index (χ3n) is 7.07. The highest BCUT2D eigenvalue weighted by molar-refractivity contribution is 5.78. The first-order chi connectivity index (χ1) is 19.1. The second-order valence-electron chi connectivity index (χ2n) is 9.67. The summed E-state index contributed by atoms with van der Waals surface area (Å²) >= 11 is 0. The minimum Gasteiger partial charge on any atom is -0.395 e. The van der Waals surface area contributed by atoms with Crippen molar-refractivity contribution in [3.63, 3.8) is 0 Å². The number of aliphatic hydroxyl groups is 1. The molecule has 5 aromatic rings. The SMILES string of the molecule is CO[C@H](c1ccc(-n2[nH]c3ccccc3c2=O)cc1)[C@H](C)/C=C/CCn1cc(C(CO)c2ccccc2)nn1. The van der Waals surface area contributed by atoms with Crippen LogP contribution in [0.4, 0.5) is 0 Å². The van der Waals surface area contributed by atoms with Gasteiger partial charge in [-0.1, -0.05) is 78.9 Å². The quantitative estimate of drug-likeness (QED) is 0.237. The van der Waals surface area contributed by atoms with E-state index in [-0.39, 0.29) is 30.1 Å². The van der Waals surface area contributed by atoms with E-state index in [0.29, 0.717) is 11.9 Å². The summed E-state index contributed by atoms with van der Waals surface area (Å²) in [5.74, 6) is -0.0427. The number of ether oxygens (including phenoxy) is 1. The Labute approximate surface area is 227 Å². The Morgan fingerprint density at radius 1 is 1.00 bits per heavy atom. The van der Waals surface area contributed by atoms with Crippen LogP contribution in [0.25, 0.3) is 16.6 Å². The number of methoxy groups -OCH3 is 1. The van der Waals surface area contributed by atoms with Gasteiger partial charge in [0.25, 0.3) is 5.56 Å². The van der Waals surface area contributed by atoms with E-state index in [1.807, 2.05) is 89.7 Å². The lowest BCUT2D eigenvalue weighted by Gasteiger charge is -2.21. The van der Waals surface area contributed by atoms with Crippen LogP contribution in [0.5, 0.6) is 0 Å². The topological polar surface area (TPSA) is 98.0 Å². The molecule has 5 rings (SSSR count). The molecule has 0 radical (unpaired) electrons. The van der Waals surface area contributed by atoms with Crippen LogP contribution >= 0.6 is 0 Å². The maximum atomic E-state index is 12.8. The number of aromatic nitrogens is 5. The molecule has 8 heteroatoms. The first-order valence-electron chi connectivity index (χ1n) is 13.1. The molecular formula is C31H33N5O3. The van der Waals surface area contributed by atoms with Gasteiger partial charge in [-0.2, -0.15) is 0 Å². The number of para-hydroxylation sites is 1. The van der Waals surface area contributed by atoms with Gasteiger partial charge in [-0.3, -0.25) is 14.6 Å². The summed E-state index contributed by atoms with van der Waals surface area (Å²) in [6.07, 6.45) is 6.87. The predicted octanol–water partition coefficient (Wildman–Crippen LogP) is 5.00. The maximum absolute atomic E-state index is 12.8. The van der Waals surface area contributed by atoms with Crippen LogP contribution < -0.4 is 5.56 Å². The molecule has 0 aliphatic rings. The van der Waals surface area contributed by atoms with E-state index in [0.717, 1.165) is 34.4 Å². The van der Waals surface area contributed by atoms with E-state index in [2.05, 4.69) is 34.5 Å². The van der Waals surface area contributed by atoms with E-state index in [1.54, 1.807) is 11.8 Å². The fraction of sp³-hybridized carbons (Fsp3) is 0.258. The van der Waals surface area contributed by atoms with Crippen molar-refractivity contribution >= 4 is 10.9 Å². The van der Waals surface area contributed by atoms with Crippen LogP contribution in [0.2, 0.25) is 0 Å². The first-order valence-corrected chi connectivity index (χ1v) is 13.1. The molecule has 0 aliphatic heterocycles. The molecule has 1 unspecified atom stereocenters. The number of aromatic amines is 1. The zero-order valence-corrected chi connectivity index (χ0v) is 22.1.